The number of rotatable bonds is 10. The fourth-order valence-electron chi connectivity index (χ4n) is 4.30. The second-order valence-corrected chi connectivity index (χ2v) is 8.56. The zero-order valence-electron chi connectivity index (χ0n) is 19.8. The number of aliphatic carboxylic acids is 1. The van der Waals surface area contributed by atoms with Gasteiger partial charge in [-0.15, -0.1) is 0 Å². The van der Waals surface area contributed by atoms with Crippen LogP contribution < -0.4 is 10.6 Å². The molecule has 0 aliphatic heterocycles. The maximum absolute atomic E-state index is 12.3. The van der Waals surface area contributed by atoms with Gasteiger partial charge in [0.2, 0.25) is 5.91 Å². The third kappa shape index (κ3) is 5.90. The molecular weight excluding hydrogens is 460 g/mol. The molecule has 3 N–H and O–H groups in total. The van der Waals surface area contributed by atoms with Gasteiger partial charge in [-0.2, -0.15) is 0 Å². The molecule has 0 aromatic heterocycles. The van der Waals surface area contributed by atoms with Crippen molar-refractivity contribution in [2.45, 2.75) is 31.6 Å². The summed E-state index contributed by atoms with van der Waals surface area (Å²) in [5.74, 6) is -1.99. The van der Waals surface area contributed by atoms with Gasteiger partial charge in [0.15, 0.2) is 6.04 Å². The Morgan fingerprint density at radius 3 is 2.08 bits per heavy atom. The van der Waals surface area contributed by atoms with E-state index < -0.39 is 36.7 Å². The highest BCUT2D eigenvalue weighted by atomic mass is 16.5. The van der Waals surface area contributed by atoms with E-state index in [1.807, 2.05) is 78.9 Å². The second-order valence-electron chi connectivity index (χ2n) is 8.56. The molecule has 1 aliphatic carbocycles. The number of carboxylic acids is 1. The molecule has 0 saturated heterocycles. The number of hydrogen-bond acceptors (Lipinski definition) is 5. The van der Waals surface area contributed by atoms with E-state index in [0.717, 1.165) is 27.8 Å². The van der Waals surface area contributed by atoms with Crippen molar-refractivity contribution in [1.82, 2.24) is 10.6 Å². The lowest BCUT2D eigenvalue weighted by atomic mass is 9.98. The van der Waals surface area contributed by atoms with Crippen LogP contribution in [-0.2, 0) is 25.7 Å². The number of carbonyl (C=O) groups is 3. The van der Waals surface area contributed by atoms with E-state index in [4.69, 9.17) is 9.47 Å². The maximum atomic E-state index is 12.3. The summed E-state index contributed by atoms with van der Waals surface area (Å²) < 4.78 is 11.0. The van der Waals surface area contributed by atoms with E-state index >= 15 is 0 Å². The van der Waals surface area contributed by atoms with E-state index in [1.54, 1.807) is 6.92 Å². The topological polar surface area (TPSA) is 114 Å². The molecule has 4 rings (SSSR count). The molecule has 8 nitrogen and oxygen atoms in total. The monoisotopic (exact) mass is 488 g/mol. The van der Waals surface area contributed by atoms with Crippen LogP contribution in [0.15, 0.2) is 78.9 Å². The van der Waals surface area contributed by atoms with Gasteiger partial charge in [-0.1, -0.05) is 78.9 Å². The zero-order chi connectivity index (χ0) is 25.5. The summed E-state index contributed by atoms with van der Waals surface area (Å²) in [6.45, 7) is 1.47. The molecule has 3 aromatic rings. The normalized spacial score (nSPS) is 13.7. The number of hydrogen-bond donors (Lipinski definition) is 3. The van der Waals surface area contributed by atoms with Crippen LogP contribution in [-0.4, -0.2) is 48.4 Å². The van der Waals surface area contributed by atoms with Crippen molar-refractivity contribution in [3.05, 3.63) is 95.6 Å². The first-order valence-corrected chi connectivity index (χ1v) is 11.7. The molecule has 2 atom stereocenters. The largest absolute Gasteiger partial charge is 0.480 e. The number of ether oxygens (including phenoxy) is 2. The van der Waals surface area contributed by atoms with Crippen LogP contribution in [0.5, 0.6) is 0 Å². The zero-order valence-corrected chi connectivity index (χ0v) is 19.8. The van der Waals surface area contributed by atoms with Gasteiger partial charge < -0.3 is 25.2 Å². The van der Waals surface area contributed by atoms with Crippen LogP contribution in [0.2, 0.25) is 0 Å². The Kier molecular flexibility index (Phi) is 7.97. The van der Waals surface area contributed by atoms with E-state index in [1.165, 1.54) is 0 Å². The Hall–Kier alpha value is -4.17. The molecule has 0 unspecified atom stereocenters. The molecule has 36 heavy (non-hydrogen) atoms. The van der Waals surface area contributed by atoms with Crippen LogP contribution in [0.25, 0.3) is 11.1 Å². The summed E-state index contributed by atoms with van der Waals surface area (Å²) >= 11 is 0. The van der Waals surface area contributed by atoms with E-state index in [0.29, 0.717) is 0 Å². The van der Waals surface area contributed by atoms with Crippen molar-refractivity contribution in [3.8, 4) is 11.1 Å². The number of benzene rings is 3. The minimum Gasteiger partial charge on any atom is -0.480 e. The highest BCUT2D eigenvalue weighted by Crippen LogP contribution is 2.44. The maximum Gasteiger partial charge on any atom is 0.407 e. The highest BCUT2D eigenvalue weighted by molar-refractivity contribution is 5.87. The van der Waals surface area contributed by atoms with E-state index in [9.17, 15) is 19.5 Å². The molecule has 0 radical (unpaired) electrons. The van der Waals surface area contributed by atoms with Crippen molar-refractivity contribution < 1.29 is 29.0 Å². The fourth-order valence-corrected chi connectivity index (χ4v) is 4.30. The number of nitrogens with one attached hydrogen (secondary N) is 2. The predicted molar refractivity (Wildman–Crippen MR) is 133 cm³/mol. The molecule has 3 aromatic carbocycles. The quantitative estimate of drug-likeness (QED) is 0.401. The first kappa shape index (κ1) is 24.9. The van der Waals surface area contributed by atoms with Gasteiger partial charge in [-0.05, 0) is 34.7 Å². The third-order valence-corrected chi connectivity index (χ3v) is 6.14. The fraction of sp³-hybridized carbons (Fsp3) is 0.250. The second kappa shape index (κ2) is 11.5. The summed E-state index contributed by atoms with van der Waals surface area (Å²) in [5, 5.41) is 14.3. The average Bonchev–Trinajstić information content (AvgIpc) is 3.22. The van der Waals surface area contributed by atoms with Gasteiger partial charge in [0.1, 0.15) is 13.2 Å². The number of carboxylic acid groups (broad SMARTS) is 1. The SMILES string of the molecule is C[C@@H](OCc1ccccc1)[C@H](NC(=O)CNC(=O)OCC1c2ccccc2-c2ccccc21)C(=O)O. The number of amides is 2. The van der Waals surface area contributed by atoms with Crippen LogP contribution in [0.3, 0.4) is 0 Å². The molecule has 8 heteroatoms. The van der Waals surface area contributed by atoms with Gasteiger partial charge in [0.25, 0.3) is 0 Å². The number of fused-ring (bicyclic) bond motifs is 3. The molecule has 1 aliphatic rings. The lowest BCUT2D eigenvalue weighted by Gasteiger charge is -2.22. The van der Waals surface area contributed by atoms with E-state index in [-0.39, 0.29) is 19.1 Å². The molecule has 0 heterocycles. The van der Waals surface area contributed by atoms with Crippen molar-refractivity contribution in [1.29, 1.82) is 0 Å². The minimum absolute atomic E-state index is 0.101. The Balaban J connectivity index is 1.26. The Bertz CT molecular complexity index is 1180. The molecule has 186 valence electrons. The lowest BCUT2D eigenvalue weighted by Crippen LogP contribution is -2.51. The minimum atomic E-state index is -1.27. The first-order chi connectivity index (χ1) is 17.4. The first-order valence-electron chi connectivity index (χ1n) is 11.7. The lowest BCUT2D eigenvalue weighted by molar-refractivity contribution is -0.146. The van der Waals surface area contributed by atoms with Crippen LogP contribution in [0, 0.1) is 0 Å². The molecule has 0 spiro atoms. The van der Waals surface area contributed by atoms with Crippen LogP contribution in [0.1, 0.15) is 29.5 Å². The molecule has 2 amide bonds. The summed E-state index contributed by atoms with van der Waals surface area (Å²) in [6, 6.07) is 24.0. The van der Waals surface area contributed by atoms with Gasteiger partial charge in [0, 0.05) is 5.92 Å². The predicted octanol–water partition coefficient (Wildman–Crippen LogP) is 3.70. The molecule has 0 saturated carbocycles. The van der Waals surface area contributed by atoms with Crippen molar-refractivity contribution in [3.63, 3.8) is 0 Å². The van der Waals surface area contributed by atoms with Crippen LogP contribution in [0.4, 0.5) is 4.79 Å². The summed E-state index contributed by atoms with van der Waals surface area (Å²) in [5.41, 5.74) is 5.28. The van der Waals surface area contributed by atoms with Gasteiger partial charge >= 0.3 is 12.1 Å². The van der Waals surface area contributed by atoms with Crippen molar-refractivity contribution in [2.75, 3.05) is 13.2 Å². The third-order valence-electron chi connectivity index (χ3n) is 6.14. The van der Waals surface area contributed by atoms with Crippen molar-refractivity contribution >= 4 is 18.0 Å². The Morgan fingerprint density at radius 2 is 1.47 bits per heavy atom. The molecule has 0 fully saturated rings. The van der Waals surface area contributed by atoms with Crippen molar-refractivity contribution in [2.24, 2.45) is 0 Å². The number of alkyl carbamates (subject to hydrolysis) is 1. The molecular formula is C28H28N2O6. The standard InChI is InChI=1S/C28H28N2O6/c1-18(35-16-19-9-3-2-4-10-19)26(27(32)33)30-25(31)15-29-28(34)36-17-24-22-13-7-5-11-20(22)21-12-6-8-14-23(21)24/h2-14,18,24,26H,15-17H2,1H3,(H,29,34)(H,30,31)(H,32,33)/t18-,26+/m1/s1. The van der Waals surface area contributed by atoms with Gasteiger partial charge in [-0.3, -0.25) is 4.79 Å². The number of carbonyl (C=O) groups excluding carboxylic acids is 2. The molecule has 0 bridgehead atoms. The Morgan fingerprint density at radius 1 is 0.889 bits per heavy atom. The smallest absolute Gasteiger partial charge is 0.407 e. The van der Waals surface area contributed by atoms with Gasteiger partial charge in [0.05, 0.1) is 12.7 Å². The average molecular weight is 489 g/mol. The summed E-state index contributed by atoms with van der Waals surface area (Å²) in [6.07, 6.45) is -1.55. The highest BCUT2D eigenvalue weighted by Gasteiger charge is 2.30. The van der Waals surface area contributed by atoms with Crippen LogP contribution >= 0.6 is 0 Å². The Labute approximate surface area is 209 Å². The van der Waals surface area contributed by atoms with E-state index in [2.05, 4.69) is 10.6 Å². The van der Waals surface area contributed by atoms with Gasteiger partial charge in [-0.25, -0.2) is 9.59 Å². The summed E-state index contributed by atoms with van der Waals surface area (Å²) in [7, 11) is 0. The summed E-state index contributed by atoms with van der Waals surface area (Å²) in [4.78, 5) is 36.3.